The molecule has 0 aliphatic carbocycles. The van der Waals surface area contributed by atoms with Gasteiger partial charge in [0.1, 0.15) is 0 Å². The smallest absolute Gasteiger partial charge is 0.294 e. The van der Waals surface area contributed by atoms with Crippen molar-refractivity contribution in [3.63, 3.8) is 0 Å². The van der Waals surface area contributed by atoms with Crippen LogP contribution in [0.4, 0.5) is 10.6 Å². The molecule has 0 atom stereocenters. The number of rotatable bonds is 2. The van der Waals surface area contributed by atoms with Gasteiger partial charge < -0.3 is 4.42 Å². The normalized spacial score (nSPS) is 15.3. The summed E-state index contributed by atoms with van der Waals surface area (Å²) in [7, 11) is 0. The second kappa shape index (κ2) is 4.55. The SMILES string of the molecule is Cc1nc(N2C(=O)CSC2=O)c(-c2ccccc2)o1. The van der Waals surface area contributed by atoms with Crippen LogP contribution in [0.1, 0.15) is 5.89 Å². The van der Waals surface area contributed by atoms with Gasteiger partial charge in [-0.25, -0.2) is 4.90 Å². The highest BCUT2D eigenvalue weighted by atomic mass is 32.2. The van der Waals surface area contributed by atoms with Crippen molar-refractivity contribution < 1.29 is 14.0 Å². The van der Waals surface area contributed by atoms with Crippen LogP contribution in [-0.2, 0) is 4.79 Å². The molecule has 0 N–H and O–H groups in total. The van der Waals surface area contributed by atoms with Crippen molar-refractivity contribution in [1.29, 1.82) is 0 Å². The lowest BCUT2D eigenvalue weighted by atomic mass is 10.2. The summed E-state index contributed by atoms with van der Waals surface area (Å²) >= 11 is 0.977. The van der Waals surface area contributed by atoms with E-state index in [0.717, 1.165) is 22.2 Å². The molecule has 0 saturated carbocycles. The number of carbonyl (C=O) groups excluding carboxylic acids is 2. The molecule has 19 heavy (non-hydrogen) atoms. The van der Waals surface area contributed by atoms with Gasteiger partial charge in [0, 0.05) is 12.5 Å². The van der Waals surface area contributed by atoms with Crippen LogP contribution in [0, 0.1) is 6.92 Å². The van der Waals surface area contributed by atoms with Crippen molar-refractivity contribution in [2.75, 3.05) is 10.7 Å². The zero-order valence-electron chi connectivity index (χ0n) is 10.1. The van der Waals surface area contributed by atoms with Crippen LogP contribution in [-0.4, -0.2) is 21.9 Å². The Labute approximate surface area is 113 Å². The standard InChI is InChI=1S/C13H10N2O3S/c1-8-14-12(15-10(16)7-19-13(15)17)11(18-8)9-5-3-2-4-6-9/h2-6H,7H2,1H3. The number of hydrogen-bond donors (Lipinski definition) is 0. The van der Waals surface area contributed by atoms with Gasteiger partial charge in [0.25, 0.3) is 5.24 Å². The monoisotopic (exact) mass is 274 g/mol. The first-order chi connectivity index (χ1) is 9.16. The molecule has 1 fully saturated rings. The van der Waals surface area contributed by atoms with E-state index in [1.165, 1.54) is 0 Å². The number of aromatic nitrogens is 1. The molecule has 6 heteroatoms. The van der Waals surface area contributed by atoms with Gasteiger partial charge in [0.2, 0.25) is 5.91 Å². The molecule has 5 nitrogen and oxygen atoms in total. The van der Waals surface area contributed by atoms with Crippen LogP contribution in [0.15, 0.2) is 34.7 Å². The van der Waals surface area contributed by atoms with E-state index in [2.05, 4.69) is 4.98 Å². The zero-order chi connectivity index (χ0) is 13.4. The third kappa shape index (κ3) is 2.04. The third-order valence-corrected chi connectivity index (χ3v) is 3.54. The maximum Gasteiger partial charge on any atom is 0.294 e. The van der Waals surface area contributed by atoms with E-state index in [0.29, 0.717) is 11.7 Å². The third-order valence-electron chi connectivity index (χ3n) is 2.72. The van der Waals surface area contributed by atoms with Crippen LogP contribution in [0.25, 0.3) is 11.3 Å². The lowest BCUT2D eigenvalue weighted by Crippen LogP contribution is -2.28. The summed E-state index contributed by atoms with van der Waals surface area (Å²) in [5, 5.41) is -0.310. The molecule has 1 aliphatic rings. The highest BCUT2D eigenvalue weighted by Gasteiger charge is 2.35. The lowest BCUT2D eigenvalue weighted by molar-refractivity contribution is -0.115. The quantitative estimate of drug-likeness (QED) is 0.842. The van der Waals surface area contributed by atoms with Crippen molar-refractivity contribution in [3.8, 4) is 11.3 Å². The molecule has 0 bridgehead atoms. The molecule has 1 aliphatic heterocycles. The first-order valence-electron chi connectivity index (χ1n) is 5.69. The van der Waals surface area contributed by atoms with Gasteiger partial charge in [-0.15, -0.1) is 0 Å². The highest BCUT2D eigenvalue weighted by Crippen LogP contribution is 2.35. The molecule has 0 radical (unpaired) electrons. The summed E-state index contributed by atoms with van der Waals surface area (Å²) in [6, 6.07) is 9.30. The second-order valence-electron chi connectivity index (χ2n) is 4.04. The Kier molecular flexibility index (Phi) is 2.87. The molecule has 2 amide bonds. The maximum atomic E-state index is 11.8. The second-order valence-corrected chi connectivity index (χ2v) is 4.96. The van der Waals surface area contributed by atoms with Crippen molar-refractivity contribution in [2.24, 2.45) is 0 Å². The summed E-state index contributed by atoms with van der Waals surface area (Å²) in [4.78, 5) is 28.8. The summed E-state index contributed by atoms with van der Waals surface area (Å²) in [6.07, 6.45) is 0. The average molecular weight is 274 g/mol. The van der Waals surface area contributed by atoms with Gasteiger partial charge in [-0.2, -0.15) is 4.98 Å². The van der Waals surface area contributed by atoms with E-state index in [-0.39, 0.29) is 22.7 Å². The Morgan fingerprint density at radius 2 is 2.00 bits per heavy atom. The molecule has 0 spiro atoms. The Balaban J connectivity index is 2.12. The van der Waals surface area contributed by atoms with Gasteiger partial charge in [0.15, 0.2) is 17.5 Å². The van der Waals surface area contributed by atoms with E-state index < -0.39 is 0 Å². The number of thioether (sulfide) groups is 1. The number of benzene rings is 1. The largest absolute Gasteiger partial charge is 0.439 e. The lowest BCUT2D eigenvalue weighted by Gasteiger charge is -2.10. The Hall–Kier alpha value is -2.08. The Morgan fingerprint density at radius 1 is 1.26 bits per heavy atom. The van der Waals surface area contributed by atoms with Crippen molar-refractivity contribution in [1.82, 2.24) is 4.98 Å². The average Bonchev–Trinajstić information content (AvgIpc) is 2.94. The Morgan fingerprint density at radius 3 is 2.63 bits per heavy atom. The van der Waals surface area contributed by atoms with Crippen molar-refractivity contribution in [2.45, 2.75) is 6.92 Å². The Bertz CT molecular complexity index is 635. The zero-order valence-corrected chi connectivity index (χ0v) is 10.9. The van der Waals surface area contributed by atoms with Crippen molar-refractivity contribution >= 4 is 28.7 Å². The van der Waals surface area contributed by atoms with Crippen molar-refractivity contribution in [3.05, 3.63) is 36.2 Å². The number of oxazole rings is 1. The number of anilines is 1. The molecular weight excluding hydrogens is 264 g/mol. The molecule has 96 valence electrons. The summed E-state index contributed by atoms with van der Waals surface area (Å²) in [5.74, 6) is 1.04. The number of carbonyl (C=O) groups is 2. The van der Waals surface area contributed by atoms with E-state index >= 15 is 0 Å². The molecule has 1 aromatic heterocycles. The molecule has 1 saturated heterocycles. The topological polar surface area (TPSA) is 63.4 Å². The first-order valence-corrected chi connectivity index (χ1v) is 6.68. The molecule has 0 unspecified atom stereocenters. The fourth-order valence-electron chi connectivity index (χ4n) is 1.90. The summed E-state index contributed by atoms with van der Waals surface area (Å²) in [5.41, 5.74) is 0.788. The molecular formula is C13H10N2O3S. The highest BCUT2D eigenvalue weighted by molar-refractivity contribution is 8.15. The van der Waals surface area contributed by atoms with Crippen LogP contribution < -0.4 is 4.90 Å². The first kappa shape index (κ1) is 12.0. The van der Waals surface area contributed by atoms with Crippen LogP contribution in [0.2, 0.25) is 0 Å². The van der Waals surface area contributed by atoms with E-state index in [1.807, 2.05) is 30.3 Å². The molecule has 1 aromatic carbocycles. The fraction of sp³-hybridized carbons (Fsp3) is 0.154. The number of nitrogens with zero attached hydrogens (tertiary/aromatic N) is 2. The predicted molar refractivity (Wildman–Crippen MR) is 72.0 cm³/mol. The molecule has 3 rings (SSSR count). The number of amides is 2. The van der Waals surface area contributed by atoms with Gasteiger partial charge in [-0.05, 0) is 0 Å². The van der Waals surface area contributed by atoms with Gasteiger partial charge in [-0.1, -0.05) is 42.1 Å². The molecule has 2 heterocycles. The number of imide groups is 1. The summed E-state index contributed by atoms with van der Waals surface area (Å²) in [6.45, 7) is 1.69. The fourth-order valence-corrected chi connectivity index (χ4v) is 2.60. The molecule has 2 aromatic rings. The van der Waals surface area contributed by atoms with E-state index in [4.69, 9.17) is 4.42 Å². The van der Waals surface area contributed by atoms with Crippen LogP contribution in [0.5, 0.6) is 0 Å². The minimum Gasteiger partial charge on any atom is -0.439 e. The van der Waals surface area contributed by atoms with Gasteiger partial charge in [-0.3, -0.25) is 9.59 Å². The van der Waals surface area contributed by atoms with E-state index in [1.54, 1.807) is 6.92 Å². The minimum absolute atomic E-state index is 0.152. The van der Waals surface area contributed by atoms with Gasteiger partial charge in [0.05, 0.1) is 5.75 Å². The predicted octanol–water partition coefficient (Wildman–Crippen LogP) is 2.85. The summed E-state index contributed by atoms with van der Waals surface area (Å²) < 4.78 is 5.54. The van der Waals surface area contributed by atoms with E-state index in [9.17, 15) is 9.59 Å². The minimum atomic E-state index is -0.310. The van der Waals surface area contributed by atoms with Gasteiger partial charge >= 0.3 is 0 Å². The maximum absolute atomic E-state index is 11.8. The van der Waals surface area contributed by atoms with Crippen LogP contribution >= 0.6 is 11.8 Å². The van der Waals surface area contributed by atoms with Crippen LogP contribution in [0.3, 0.4) is 0 Å². The number of aryl methyl sites for hydroxylation is 1. The number of hydrogen-bond acceptors (Lipinski definition) is 5.